The second kappa shape index (κ2) is 7.47. The summed E-state index contributed by atoms with van der Waals surface area (Å²) in [5, 5.41) is 3.95. The number of likely N-dealkylation sites (tertiary alicyclic amines) is 1. The first-order chi connectivity index (χ1) is 15.2. The summed E-state index contributed by atoms with van der Waals surface area (Å²) in [4.78, 5) is 19.5. The summed E-state index contributed by atoms with van der Waals surface area (Å²) >= 11 is 6.49. The number of rotatable bonds is 1. The number of fused-ring (bicyclic) bond motifs is 4. The van der Waals surface area contributed by atoms with Crippen LogP contribution in [-0.2, 0) is 19.0 Å². The van der Waals surface area contributed by atoms with Crippen molar-refractivity contribution >= 4 is 23.2 Å². The van der Waals surface area contributed by atoms with Crippen LogP contribution in [0.1, 0.15) is 54.0 Å². The van der Waals surface area contributed by atoms with E-state index in [-0.39, 0.29) is 40.1 Å². The molecule has 3 aromatic rings. The molecule has 9 heteroatoms. The summed E-state index contributed by atoms with van der Waals surface area (Å²) < 4.78 is 43.5. The zero-order chi connectivity index (χ0) is 22.8. The topological polar surface area (TPSA) is 50.5 Å². The van der Waals surface area contributed by atoms with Gasteiger partial charge in [0.15, 0.2) is 17.0 Å². The quantitative estimate of drug-likeness (QED) is 0.484. The number of benzene rings is 1. The lowest BCUT2D eigenvalue weighted by Crippen LogP contribution is -2.45. The molecular formula is C23H22ClF3N4O. The molecular weight excluding hydrogens is 441 g/mol. The van der Waals surface area contributed by atoms with Crippen LogP contribution >= 0.6 is 11.6 Å². The fourth-order valence-electron chi connectivity index (χ4n) is 4.88. The smallest absolute Gasteiger partial charge is 0.334 e. The third-order valence-electron chi connectivity index (χ3n) is 6.57. The Hall–Kier alpha value is -2.61. The zero-order valence-electron chi connectivity index (χ0n) is 17.7. The fraction of sp³-hybridized carbons (Fsp3) is 0.435. The minimum Gasteiger partial charge on any atom is -0.334 e. The van der Waals surface area contributed by atoms with Crippen molar-refractivity contribution in [2.45, 2.75) is 51.7 Å². The van der Waals surface area contributed by atoms with Gasteiger partial charge in [0, 0.05) is 23.7 Å². The molecule has 1 saturated heterocycles. The summed E-state index contributed by atoms with van der Waals surface area (Å²) in [5.74, 6) is -0.148. The molecule has 0 saturated carbocycles. The van der Waals surface area contributed by atoms with Gasteiger partial charge in [0.25, 0.3) is 5.91 Å². The highest BCUT2D eigenvalue weighted by atomic mass is 35.5. The van der Waals surface area contributed by atoms with E-state index in [1.54, 1.807) is 17.0 Å². The summed E-state index contributed by atoms with van der Waals surface area (Å²) in [6, 6.07) is 7.26. The van der Waals surface area contributed by atoms with Gasteiger partial charge in [0.2, 0.25) is 0 Å². The molecule has 32 heavy (non-hydrogen) atoms. The van der Waals surface area contributed by atoms with Crippen LogP contribution in [0.15, 0.2) is 24.3 Å². The van der Waals surface area contributed by atoms with Crippen molar-refractivity contribution in [1.82, 2.24) is 19.5 Å². The van der Waals surface area contributed by atoms with Crippen molar-refractivity contribution in [3.63, 3.8) is 0 Å². The molecule has 168 valence electrons. The molecule has 2 aliphatic rings. The molecule has 5 nitrogen and oxygen atoms in total. The van der Waals surface area contributed by atoms with Crippen LogP contribution < -0.4 is 0 Å². The normalized spacial score (nSPS) is 20.9. The van der Waals surface area contributed by atoms with Gasteiger partial charge in [-0.05, 0) is 44.1 Å². The van der Waals surface area contributed by atoms with Gasteiger partial charge in [-0.15, -0.1) is 0 Å². The third-order valence-corrected chi connectivity index (χ3v) is 6.92. The number of hydrogen-bond donors (Lipinski definition) is 0. The van der Waals surface area contributed by atoms with Gasteiger partial charge < -0.3 is 4.90 Å². The summed E-state index contributed by atoms with van der Waals surface area (Å²) in [6.07, 6.45) is -2.19. The van der Waals surface area contributed by atoms with Crippen LogP contribution in [0.4, 0.5) is 13.2 Å². The number of hydrogen-bond acceptors (Lipinski definition) is 3. The molecule has 0 radical (unpaired) electrons. The maximum absolute atomic E-state index is 14.3. The SMILES string of the molecule is C[C@H]1CC[C@H](C)N(C(=O)c2nn3c(C(F)(F)F)c4c(nc3c2Cl)-c2ccccc2CC4)C1. The average molecular weight is 463 g/mol. The molecule has 0 N–H and O–H groups in total. The molecule has 1 aliphatic carbocycles. The van der Waals surface area contributed by atoms with Crippen LogP contribution in [0.5, 0.6) is 0 Å². The lowest BCUT2D eigenvalue weighted by Gasteiger charge is -2.36. The van der Waals surface area contributed by atoms with Crippen molar-refractivity contribution in [3.8, 4) is 11.3 Å². The molecule has 1 aromatic carbocycles. The number of piperidine rings is 1. The molecule has 1 fully saturated rings. The Morgan fingerprint density at radius 1 is 1.16 bits per heavy atom. The highest BCUT2D eigenvalue weighted by Crippen LogP contribution is 2.42. The molecule has 1 aliphatic heterocycles. The van der Waals surface area contributed by atoms with Crippen molar-refractivity contribution in [2.75, 3.05) is 6.54 Å². The van der Waals surface area contributed by atoms with E-state index in [9.17, 15) is 18.0 Å². The van der Waals surface area contributed by atoms with Crippen LogP contribution in [0.25, 0.3) is 16.9 Å². The maximum atomic E-state index is 14.3. The second-order valence-electron chi connectivity index (χ2n) is 8.83. The third kappa shape index (κ3) is 3.27. The Kier molecular flexibility index (Phi) is 4.96. The minimum atomic E-state index is -4.68. The lowest BCUT2D eigenvalue weighted by molar-refractivity contribution is -0.143. The van der Waals surface area contributed by atoms with E-state index in [1.807, 2.05) is 26.0 Å². The predicted octanol–water partition coefficient (Wildman–Crippen LogP) is 5.43. The monoisotopic (exact) mass is 462 g/mol. The van der Waals surface area contributed by atoms with E-state index in [1.165, 1.54) is 0 Å². The van der Waals surface area contributed by atoms with E-state index in [2.05, 4.69) is 10.1 Å². The minimum absolute atomic E-state index is 0.0327. The fourth-order valence-corrected chi connectivity index (χ4v) is 5.12. The van der Waals surface area contributed by atoms with Crippen molar-refractivity contribution in [3.05, 3.63) is 51.8 Å². The first-order valence-corrected chi connectivity index (χ1v) is 11.1. The zero-order valence-corrected chi connectivity index (χ0v) is 18.5. The van der Waals surface area contributed by atoms with Gasteiger partial charge >= 0.3 is 6.18 Å². The number of amides is 1. The molecule has 0 bridgehead atoms. The number of aromatic nitrogens is 3. The molecule has 2 atom stereocenters. The standard InChI is InChI=1S/C23H22ClF3N4O/c1-12-7-8-13(2)30(11-12)22(32)19-17(24)21-28-18-15-6-4-3-5-14(15)9-10-16(18)20(23(25,26)27)31(21)29-19/h3-6,12-13H,7-11H2,1-2H3/t12-,13-/m0/s1. The average Bonchev–Trinajstić information content (AvgIpc) is 3.08. The number of halogens is 4. The van der Waals surface area contributed by atoms with Crippen molar-refractivity contribution < 1.29 is 18.0 Å². The summed E-state index contributed by atoms with van der Waals surface area (Å²) in [7, 11) is 0. The van der Waals surface area contributed by atoms with Gasteiger partial charge in [-0.25, -0.2) is 9.50 Å². The second-order valence-corrected chi connectivity index (χ2v) is 9.21. The number of carbonyl (C=O) groups is 1. The van der Waals surface area contributed by atoms with E-state index < -0.39 is 17.8 Å². The first kappa shape index (κ1) is 21.2. The Labute approximate surface area is 188 Å². The van der Waals surface area contributed by atoms with Gasteiger partial charge in [0.1, 0.15) is 5.02 Å². The Bertz CT molecular complexity index is 1240. The van der Waals surface area contributed by atoms with Gasteiger partial charge in [-0.1, -0.05) is 42.8 Å². The lowest BCUT2D eigenvalue weighted by atomic mass is 9.88. The van der Waals surface area contributed by atoms with Crippen molar-refractivity contribution in [1.29, 1.82) is 0 Å². The van der Waals surface area contributed by atoms with E-state index in [0.717, 1.165) is 22.9 Å². The maximum Gasteiger partial charge on any atom is 0.433 e. The Balaban J connectivity index is 1.73. The summed E-state index contributed by atoms with van der Waals surface area (Å²) in [6.45, 7) is 4.50. The molecule has 0 unspecified atom stereocenters. The Morgan fingerprint density at radius 3 is 2.66 bits per heavy atom. The summed E-state index contributed by atoms with van der Waals surface area (Å²) in [5.41, 5.74) is 0.706. The molecule has 5 rings (SSSR count). The Morgan fingerprint density at radius 2 is 1.91 bits per heavy atom. The van der Waals surface area contributed by atoms with E-state index >= 15 is 0 Å². The van der Waals surface area contributed by atoms with Gasteiger partial charge in [-0.3, -0.25) is 4.79 Å². The number of nitrogens with zero attached hydrogens (tertiary/aromatic N) is 4. The van der Waals surface area contributed by atoms with Crippen LogP contribution in [0, 0.1) is 5.92 Å². The van der Waals surface area contributed by atoms with Crippen LogP contribution in [-0.4, -0.2) is 38.0 Å². The van der Waals surface area contributed by atoms with Gasteiger partial charge in [-0.2, -0.15) is 18.3 Å². The number of carbonyl (C=O) groups excluding carboxylic acids is 1. The van der Waals surface area contributed by atoms with E-state index in [0.29, 0.717) is 24.4 Å². The van der Waals surface area contributed by atoms with Crippen LogP contribution in [0.3, 0.4) is 0 Å². The largest absolute Gasteiger partial charge is 0.433 e. The van der Waals surface area contributed by atoms with Crippen molar-refractivity contribution in [2.24, 2.45) is 5.92 Å². The molecule has 1 amide bonds. The molecule has 0 spiro atoms. The predicted molar refractivity (Wildman–Crippen MR) is 115 cm³/mol. The van der Waals surface area contributed by atoms with E-state index in [4.69, 9.17) is 11.6 Å². The first-order valence-electron chi connectivity index (χ1n) is 10.7. The number of alkyl halides is 3. The number of aryl methyl sites for hydroxylation is 1. The molecule has 3 heterocycles. The van der Waals surface area contributed by atoms with Gasteiger partial charge in [0.05, 0.1) is 5.69 Å². The highest BCUT2D eigenvalue weighted by molar-refractivity contribution is 6.36. The molecule has 2 aromatic heterocycles. The highest BCUT2D eigenvalue weighted by Gasteiger charge is 2.41. The van der Waals surface area contributed by atoms with Crippen LogP contribution in [0.2, 0.25) is 5.02 Å².